The SMILES string of the molecule is NC1(c2nc(Cc3cccnc3)no2)CCOC1. The number of aromatic nitrogens is 3. The van der Waals surface area contributed by atoms with Crippen LogP contribution in [0, 0.1) is 0 Å². The van der Waals surface area contributed by atoms with Gasteiger partial charge in [-0.2, -0.15) is 4.98 Å². The van der Waals surface area contributed by atoms with Gasteiger partial charge in [0.15, 0.2) is 5.82 Å². The Morgan fingerprint density at radius 2 is 2.39 bits per heavy atom. The molecule has 1 aliphatic heterocycles. The van der Waals surface area contributed by atoms with Crippen LogP contribution in [0.5, 0.6) is 0 Å². The average molecular weight is 246 g/mol. The van der Waals surface area contributed by atoms with E-state index in [0.29, 0.717) is 37.8 Å². The summed E-state index contributed by atoms with van der Waals surface area (Å²) in [4.78, 5) is 8.40. The van der Waals surface area contributed by atoms with Gasteiger partial charge in [0.1, 0.15) is 5.54 Å². The Labute approximate surface area is 104 Å². The van der Waals surface area contributed by atoms with Crippen LogP contribution in [-0.2, 0) is 16.7 Å². The van der Waals surface area contributed by atoms with Gasteiger partial charge in [0.05, 0.1) is 6.61 Å². The molecule has 0 spiro atoms. The maximum Gasteiger partial charge on any atom is 0.249 e. The largest absolute Gasteiger partial charge is 0.379 e. The molecule has 2 aromatic rings. The molecule has 3 rings (SSSR count). The highest BCUT2D eigenvalue weighted by Gasteiger charge is 2.38. The number of hydrogen-bond acceptors (Lipinski definition) is 6. The van der Waals surface area contributed by atoms with Gasteiger partial charge in [-0.1, -0.05) is 11.2 Å². The molecule has 1 fully saturated rings. The molecule has 3 heterocycles. The Morgan fingerprint density at radius 1 is 1.44 bits per heavy atom. The Bertz CT molecular complexity index is 520. The molecule has 1 atom stereocenters. The van der Waals surface area contributed by atoms with Crippen LogP contribution in [0.15, 0.2) is 29.0 Å². The fourth-order valence-electron chi connectivity index (χ4n) is 1.96. The summed E-state index contributed by atoms with van der Waals surface area (Å²) in [5.41, 5.74) is 6.57. The molecule has 0 saturated carbocycles. The molecule has 6 nitrogen and oxygen atoms in total. The molecule has 1 unspecified atom stereocenters. The lowest BCUT2D eigenvalue weighted by molar-refractivity contribution is 0.166. The van der Waals surface area contributed by atoms with E-state index in [0.717, 1.165) is 5.56 Å². The Balaban J connectivity index is 1.78. The summed E-state index contributed by atoms with van der Waals surface area (Å²) in [6.45, 7) is 1.07. The van der Waals surface area contributed by atoms with Gasteiger partial charge in [-0.3, -0.25) is 4.98 Å². The van der Waals surface area contributed by atoms with E-state index < -0.39 is 5.54 Å². The fourth-order valence-corrected chi connectivity index (χ4v) is 1.96. The molecule has 0 aromatic carbocycles. The van der Waals surface area contributed by atoms with E-state index in [1.165, 1.54) is 0 Å². The number of nitrogens with two attached hydrogens (primary N) is 1. The van der Waals surface area contributed by atoms with E-state index in [1.54, 1.807) is 12.4 Å². The molecule has 1 saturated heterocycles. The maximum absolute atomic E-state index is 6.15. The normalized spacial score (nSPS) is 23.4. The van der Waals surface area contributed by atoms with Gasteiger partial charge in [-0.25, -0.2) is 0 Å². The summed E-state index contributed by atoms with van der Waals surface area (Å²) >= 11 is 0. The van der Waals surface area contributed by atoms with E-state index >= 15 is 0 Å². The molecule has 0 radical (unpaired) electrons. The highest BCUT2D eigenvalue weighted by molar-refractivity contribution is 5.14. The quantitative estimate of drug-likeness (QED) is 0.854. The van der Waals surface area contributed by atoms with E-state index in [9.17, 15) is 0 Å². The van der Waals surface area contributed by atoms with Crippen molar-refractivity contribution in [1.82, 2.24) is 15.1 Å². The molecular weight excluding hydrogens is 232 g/mol. The zero-order valence-corrected chi connectivity index (χ0v) is 9.87. The standard InChI is InChI=1S/C12H14N4O2/c13-12(3-5-17-8-12)11-15-10(16-18-11)6-9-2-1-4-14-7-9/h1-2,4,7H,3,5-6,8,13H2. The van der Waals surface area contributed by atoms with Crippen molar-refractivity contribution in [2.45, 2.75) is 18.4 Å². The summed E-state index contributed by atoms with van der Waals surface area (Å²) in [6.07, 6.45) is 4.82. The first kappa shape index (κ1) is 11.3. The molecule has 2 N–H and O–H groups in total. The Kier molecular flexibility index (Phi) is 2.81. The molecule has 18 heavy (non-hydrogen) atoms. The molecule has 2 aromatic heterocycles. The third-order valence-electron chi connectivity index (χ3n) is 3.03. The van der Waals surface area contributed by atoms with Gasteiger partial charge in [0, 0.05) is 25.4 Å². The van der Waals surface area contributed by atoms with Crippen LogP contribution >= 0.6 is 0 Å². The first-order valence-electron chi connectivity index (χ1n) is 5.85. The minimum Gasteiger partial charge on any atom is -0.379 e. The number of hydrogen-bond donors (Lipinski definition) is 1. The number of nitrogens with zero attached hydrogens (tertiary/aromatic N) is 3. The maximum atomic E-state index is 6.15. The van der Waals surface area contributed by atoms with Gasteiger partial charge < -0.3 is 15.0 Å². The van der Waals surface area contributed by atoms with Crippen molar-refractivity contribution in [2.75, 3.05) is 13.2 Å². The zero-order chi connectivity index (χ0) is 12.4. The summed E-state index contributed by atoms with van der Waals surface area (Å²) in [5.74, 6) is 1.08. The van der Waals surface area contributed by atoms with Crippen molar-refractivity contribution in [2.24, 2.45) is 5.73 Å². The van der Waals surface area contributed by atoms with Gasteiger partial charge in [0.2, 0.25) is 5.89 Å². The van der Waals surface area contributed by atoms with Crippen LogP contribution in [0.3, 0.4) is 0 Å². The minimum absolute atomic E-state index is 0.432. The lowest BCUT2D eigenvalue weighted by Gasteiger charge is -2.14. The van der Waals surface area contributed by atoms with Gasteiger partial charge >= 0.3 is 0 Å². The summed E-state index contributed by atoms with van der Waals surface area (Å²) in [7, 11) is 0. The van der Waals surface area contributed by atoms with Crippen molar-refractivity contribution in [1.29, 1.82) is 0 Å². The Hall–Kier alpha value is -1.79. The van der Waals surface area contributed by atoms with Crippen LogP contribution in [0.25, 0.3) is 0 Å². The van der Waals surface area contributed by atoms with E-state index in [4.69, 9.17) is 15.0 Å². The molecule has 6 heteroatoms. The third-order valence-corrected chi connectivity index (χ3v) is 3.03. The highest BCUT2D eigenvalue weighted by atomic mass is 16.5. The van der Waals surface area contributed by atoms with Crippen molar-refractivity contribution in [3.05, 3.63) is 41.8 Å². The van der Waals surface area contributed by atoms with Crippen molar-refractivity contribution in [3.8, 4) is 0 Å². The molecule has 0 aliphatic carbocycles. The smallest absolute Gasteiger partial charge is 0.249 e. The summed E-state index contributed by atoms with van der Waals surface area (Å²) in [5, 5.41) is 3.95. The Morgan fingerprint density at radius 3 is 3.11 bits per heavy atom. The van der Waals surface area contributed by atoms with Crippen LogP contribution in [0.1, 0.15) is 23.7 Å². The molecular formula is C12H14N4O2. The van der Waals surface area contributed by atoms with Crippen molar-refractivity contribution in [3.63, 3.8) is 0 Å². The van der Waals surface area contributed by atoms with Crippen molar-refractivity contribution >= 4 is 0 Å². The number of rotatable bonds is 3. The van der Waals surface area contributed by atoms with E-state index in [1.807, 2.05) is 12.1 Å². The molecule has 1 aliphatic rings. The minimum atomic E-state index is -0.625. The van der Waals surface area contributed by atoms with Gasteiger partial charge in [-0.05, 0) is 18.1 Å². The monoisotopic (exact) mass is 246 g/mol. The van der Waals surface area contributed by atoms with Crippen LogP contribution in [-0.4, -0.2) is 28.3 Å². The molecule has 94 valence electrons. The fraction of sp³-hybridized carbons (Fsp3) is 0.417. The van der Waals surface area contributed by atoms with Crippen molar-refractivity contribution < 1.29 is 9.26 Å². The highest BCUT2D eigenvalue weighted by Crippen LogP contribution is 2.26. The predicted octanol–water partition coefficient (Wildman–Crippen LogP) is 0.630. The average Bonchev–Trinajstić information content (AvgIpc) is 3.01. The first-order chi connectivity index (χ1) is 8.76. The second-order valence-electron chi connectivity index (χ2n) is 4.51. The summed E-state index contributed by atoms with van der Waals surface area (Å²) < 4.78 is 10.5. The van der Waals surface area contributed by atoms with Crippen LogP contribution in [0.4, 0.5) is 0 Å². The zero-order valence-electron chi connectivity index (χ0n) is 9.87. The van der Waals surface area contributed by atoms with Crippen LogP contribution in [0.2, 0.25) is 0 Å². The van der Waals surface area contributed by atoms with Gasteiger partial charge in [0.25, 0.3) is 0 Å². The second-order valence-corrected chi connectivity index (χ2v) is 4.51. The first-order valence-corrected chi connectivity index (χ1v) is 5.85. The lowest BCUT2D eigenvalue weighted by atomic mass is 10.0. The third kappa shape index (κ3) is 2.12. The predicted molar refractivity (Wildman–Crippen MR) is 62.6 cm³/mol. The van der Waals surface area contributed by atoms with E-state index in [-0.39, 0.29) is 0 Å². The molecule has 0 bridgehead atoms. The van der Waals surface area contributed by atoms with E-state index in [2.05, 4.69) is 15.1 Å². The topological polar surface area (TPSA) is 87.1 Å². The van der Waals surface area contributed by atoms with Gasteiger partial charge in [-0.15, -0.1) is 0 Å². The molecule has 0 amide bonds. The lowest BCUT2D eigenvalue weighted by Crippen LogP contribution is -2.37. The second kappa shape index (κ2) is 4.47. The summed E-state index contributed by atoms with van der Waals surface area (Å²) in [6, 6.07) is 3.85. The number of pyridine rings is 1. The number of ether oxygens (including phenoxy) is 1. The van der Waals surface area contributed by atoms with Crippen LogP contribution < -0.4 is 5.73 Å².